The molecule has 1 aromatic heterocycles. The Morgan fingerprint density at radius 3 is 2.33 bits per heavy atom. The molecule has 0 saturated heterocycles. The van der Waals surface area contributed by atoms with E-state index in [1.165, 1.54) is 24.3 Å². The molecule has 0 spiro atoms. The lowest BCUT2D eigenvalue weighted by molar-refractivity contribution is 0.0924. The summed E-state index contributed by atoms with van der Waals surface area (Å²) in [4.78, 5) is 12.5. The number of nitrogens with zero attached hydrogens (tertiary/aromatic N) is 2. The number of aliphatic hydroxyl groups is 1. The van der Waals surface area contributed by atoms with Crippen LogP contribution in [0.5, 0.6) is 5.75 Å². The largest absolute Gasteiger partial charge is 0.491 e. The molecule has 0 saturated carbocycles. The van der Waals surface area contributed by atoms with Crippen LogP contribution in [0.2, 0.25) is 0 Å². The minimum atomic E-state index is -0.858. The number of imidazole rings is 1. The van der Waals surface area contributed by atoms with Gasteiger partial charge in [0.25, 0.3) is 0 Å². The summed E-state index contributed by atoms with van der Waals surface area (Å²) in [6.45, 7) is 2.62. The molecule has 3 aromatic rings. The SMILES string of the molecule is CCn1c(=O)n(CC(O)COc2ccc(F)cc2)c2ccccc21. The van der Waals surface area contributed by atoms with Crippen molar-refractivity contribution in [3.8, 4) is 5.75 Å². The van der Waals surface area contributed by atoms with Crippen LogP contribution in [0.25, 0.3) is 11.0 Å². The lowest BCUT2D eigenvalue weighted by atomic mass is 10.3. The van der Waals surface area contributed by atoms with Crippen LogP contribution in [0.15, 0.2) is 53.3 Å². The normalized spacial score (nSPS) is 12.5. The quantitative estimate of drug-likeness (QED) is 0.755. The third kappa shape index (κ3) is 3.19. The van der Waals surface area contributed by atoms with Crippen LogP contribution in [-0.2, 0) is 13.1 Å². The van der Waals surface area contributed by atoms with Gasteiger partial charge in [-0.25, -0.2) is 9.18 Å². The summed E-state index contributed by atoms with van der Waals surface area (Å²) in [7, 11) is 0. The molecule has 2 aromatic carbocycles. The summed E-state index contributed by atoms with van der Waals surface area (Å²) < 4.78 is 21.5. The highest BCUT2D eigenvalue weighted by atomic mass is 19.1. The molecule has 126 valence electrons. The molecular weight excluding hydrogens is 311 g/mol. The molecule has 1 heterocycles. The van der Waals surface area contributed by atoms with E-state index in [0.29, 0.717) is 12.3 Å². The first-order valence-corrected chi connectivity index (χ1v) is 7.84. The Hall–Kier alpha value is -2.60. The predicted octanol–water partition coefficient (Wildman–Crippen LogP) is 2.40. The standard InChI is InChI=1S/C18H19FN2O3/c1-2-20-16-5-3-4-6-17(16)21(18(20)23)11-14(22)12-24-15-9-7-13(19)8-10-15/h3-10,14,22H,2,11-12H2,1H3. The minimum absolute atomic E-state index is 0.0176. The number of ether oxygens (including phenoxy) is 1. The van der Waals surface area contributed by atoms with Crippen molar-refractivity contribution in [2.45, 2.75) is 26.1 Å². The van der Waals surface area contributed by atoms with Crippen molar-refractivity contribution in [3.05, 3.63) is 64.8 Å². The van der Waals surface area contributed by atoms with Crippen LogP contribution in [-0.4, -0.2) is 27.0 Å². The van der Waals surface area contributed by atoms with Crippen LogP contribution in [0.4, 0.5) is 4.39 Å². The van der Waals surface area contributed by atoms with E-state index >= 15 is 0 Å². The smallest absolute Gasteiger partial charge is 0.329 e. The topological polar surface area (TPSA) is 56.4 Å². The summed E-state index contributed by atoms with van der Waals surface area (Å²) in [5, 5.41) is 10.2. The van der Waals surface area contributed by atoms with Crippen molar-refractivity contribution in [3.63, 3.8) is 0 Å². The van der Waals surface area contributed by atoms with Gasteiger partial charge in [0.05, 0.1) is 17.6 Å². The lowest BCUT2D eigenvalue weighted by Gasteiger charge is -2.13. The van der Waals surface area contributed by atoms with E-state index in [9.17, 15) is 14.3 Å². The summed E-state index contributed by atoms with van der Waals surface area (Å²) in [6, 6.07) is 13.1. The number of aliphatic hydroxyl groups excluding tert-OH is 1. The van der Waals surface area contributed by atoms with Crippen molar-refractivity contribution in [2.75, 3.05) is 6.61 Å². The molecule has 1 unspecified atom stereocenters. The second-order valence-corrected chi connectivity index (χ2v) is 5.54. The molecule has 0 fully saturated rings. The highest BCUT2D eigenvalue weighted by Crippen LogP contribution is 2.14. The highest BCUT2D eigenvalue weighted by molar-refractivity contribution is 5.75. The second-order valence-electron chi connectivity index (χ2n) is 5.54. The molecule has 5 nitrogen and oxygen atoms in total. The monoisotopic (exact) mass is 330 g/mol. The van der Waals surface area contributed by atoms with Crippen molar-refractivity contribution in [1.82, 2.24) is 9.13 Å². The van der Waals surface area contributed by atoms with E-state index in [-0.39, 0.29) is 24.7 Å². The molecular formula is C18H19FN2O3. The van der Waals surface area contributed by atoms with E-state index in [4.69, 9.17) is 4.74 Å². The first kappa shape index (κ1) is 16.3. The number of fused-ring (bicyclic) bond motifs is 1. The van der Waals surface area contributed by atoms with Gasteiger partial charge in [0.1, 0.15) is 24.3 Å². The van der Waals surface area contributed by atoms with Crippen LogP contribution in [0.3, 0.4) is 0 Å². The highest BCUT2D eigenvalue weighted by Gasteiger charge is 2.15. The Labute approximate surface area is 138 Å². The molecule has 0 aliphatic rings. The van der Waals surface area contributed by atoms with Crippen molar-refractivity contribution < 1.29 is 14.2 Å². The van der Waals surface area contributed by atoms with Gasteiger partial charge in [-0.3, -0.25) is 9.13 Å². The Kier molecular flexibility index (Phi) is 4.66. The number of rotatable bonds is 6. The molecule has 0 aliphatic carbocycles. The third-order valence-electron chi connectivity index (χ3n) is 3.89. The number of hydrogen-bond donors (Lipinski definition) is 1. The number of aromatic nitrogens is 2. The van der Waals surface area contributed by atoms with Gasteiger partial charge in [0.2, 0.25) is 0 Å². The molecule has 24 heavy (non-hydrogen) atoms. The zero-order valence-electron chi connectivity index (χ0n) is 13.4. The van der Waals surface area contributed by atoms with Crippen molar-refractivity contribution in [2.24, 2.45) is 0 Å². The van der Waals surface area contributed by atoms with Gasteiger partial charge < -0.3 is 9.84 Å². The fourth-order valence-electron chi connectivity index (χ4n) is 2.74. The Bertz CT molecular complexity index is 883. The zero-order chi connectivity index (χ0) is 17.1. The fraction of sp³-hybridized carbons (Fsp3) is 0.278. The number of aryl methyl sites for hydroxylation is 1. The fourth-order valence-corrected chi connectivity index (χ4v) is 2.74. The molecule has 1 atom stereocenters. The number of para-hydroxylation sites is 2. The van der Waals surface area contributed by atoms with Gasteiger partial charge in [-0.05, 0) is 43.3 Å². The molecule has 0 bridgehead atoms. The number of halogens is 1. The van der Waals surface area contributed by atoms with Crippen LogP contribution >= 0.6 is 0 Å². The third-order valence-corrected chi connectivity index (χ3v) is 3.89. The van der Waals surface area contributed by atoms with Crippen LogP contribution in [0.1, 0.15) is 6.92 Å². The second kappa shape index (κ2) is 6.88. The molecule has 1 N–H and O–H groups in total. The average Bonchev–Trinajstić information content (AvgIpc) is 2.86. The Balaban J connectivity index is 1.76. The van der Waals surface area contributed by atoms with Gasteiger partial charge >= 0.3 is 5.69 Å². The maximum absolute atomic E-state index is 12.9. The molecule has 0 aliphatic heterocycles. The predicted molar refractivity (Wildman–Crippen MR) is 89.8 cm³/mol. The summed E-state index contributed by atoms with van der Waals surface area (Å²) >= 11 is 0. The van der Waals surface area contributed by atoms with E-state index in [1.807, 2.05) is 31.2 Å². The summed E-state index contributed by atoms with van der Waals surface area (Å²) in [6.07, 6.45) is -0.858. The average molecular weight is 330 g/mol. The van der Waals surface area contributed by atoms with Gasteiger partial charge in [0, 0.05) is 6.54 Å². The van der Waals surface area contributed by atoms with E-state index in [0.717, 1.165) is 11.0 Å². The van der Waals surface area contributed by atoms with Gasteiger partial charge in [-0.2, -0.15) is 0 Å². The van der Waals surface area contributed by atoms with Crippen molar-refractivity contribution >= 4 is 11.0 Å². The zero-order valence-corrected chi connectivity index (χ0v) is 13.4. The van der Waals surface area contributed by atoms with Gasteiger partial charge in [-0.1, -0.05) is 12.1 Å². The summed E-state index contributed by atoms with van der Waals surface area (Å²) in [5.74, 6) is 0.126. The lowest BCUT2D eigenvalue weighted by Crippen LogP contribution is -2.31. The maximum Gasteiger partial charge on any atom is 0.329 e. The van der Waals surface area contributed by atoms with Crippen LogP contribution < -0.4 is 10.4 Å². The Morgan fingerprint density at radius 1 is 1.08 bits per heavy atom. The van der Waals surface area contributed by atoms with Gasteiger partial charge in [-0.15, -0.1) is 0 Å². The first-order chi connectivity index (χ1) is 11.6. The summed E-state index contributed by atoms with van der Waals surface area (Å²) in [5.41, 5.74) is 1.47. The number of benzene rings is 2. The molecule has 3 rings (SSSR count). The van der Waals surface area contributed by atoms with E-state index in [1.54, 1.807) is 9.13 Å². The van der Waals surface area contributed by atoms with Crippen LogP contribution in [0, 0.1) is 5.82 Å². The number of hydrogen-bond acceptors (Lipinski definition) is 3. The molecule has 0 amide bonds. The Morgan fingerprint density at radius 2 is 1.71 bits per heavy atom. The van der Waals surface area contributed by atoms with Crippen molar-refractivity contribution in [1.29, 1.82) is 0 Å². The first-order valence-electron chi connectivity index (χ1n) is 7.84. The molecule has 0 radical (unpaired) electrons. The van der Waals surface area contributed by atoms with E-state index < -0.39 is 6.10 Å². The molecule has 6 heteroatoms. The van der Waals surface area contributed by atoms with E-state index in [2.05, 4.69) is 0 Å². The maximum atomic E-state index is 12.9. The van der Waals surface area contributed by atoms with Gasteiger partial charge in [0.15, 0.2) is 0 Å². The minimum Gasteiger partial charge on any atom is -0.491 e.